The Morgan fingerprint density at radius 3 is 2.55 bits per heavy atom. The van der Waals surface area contributed by atoms with Crippen molar-refractivity contribution in [1.29, 1.82) is 0 Å². The molecule has 9 heteroatoms. The smallest absolute Gasteiger partial charge is 0.263 e. The number of aromatic nitrogens is 2. The van der Waals surface area contributed by atoms with Crippen LogP contribution in [-0.4, -0.2) is 21.4 Å². The summed E-state index contributed by atoms with van der Waals surface area (Å²) < 4.78 is 1.24. The van der Waals surface area contributed by atoms with Gasteiger partial charge in [0.1, 0.15) is 11.4 Å². The standard InChI is InChI=1S/C20H16N4O3S2/c25-16(9-13-5-2-1-3-6-13)22-23-17(26)10-24-12-21-19-18(20(24)27)14(11-29-19)15-7-4-8-28-15/h1-8,11-12H,9-10H2,(H,22,25)(H,23,26). The number of amides is 2. The molecule has 1 aromatic carbocycles. The van der Waals surface area contributed by atoms with Crippen LogP contribution in [0.4, 0.5) is 0 Å². The van der Waals surface area contributed by atoms with Crippen LogP contribution >= 0.6 is 22.7 Å². The van der Waals surface area contributed by atoms with Gasteiger partial charge in [-0.05, 0) is 17.0 Å². The van der Waals surface area contributed by atoms with E-state index in [1.165, 1.54) is 33.6 Å². The molecule has 0 unspecified atom stereocenters. The second kappa shape index (κ2) is 8.38. The van der Waals surface area contributed by atoms with Gasteiger partial charge in [0.25, 0.3) is 11.5 Å². The van der Waals surface area contributed by atoms with Crippen molar-refractivity contribution in [2.75, 3.05) is 0 Å². The van der Waals surface area contributed by atoms with Gasteiger partial charge < -0.3 is 0 Å². The summed E-state index contributed by atoms with van der Waals surface area (Å²) >= 11 is 2.93. The molecular formula is C20H16N4O3S2. The maximum absolute atomic E-state index is 12.9. The zero-order chi connectivity index (χ0) is 20.2. The average Bonchev–Trinajstić information content (AvgIpc) is 3.39. The van der Waals surface area contributed by atoms with E-state index in [9.17, 15) is 14.4 Å². The van der Waals surface area contributed by atoms with Crippen LogP contribution in [0.15, 0.2) is 64.3 Å². The monoisotopic (exact) mass is 424 g/mol. The lowest BCUT2D eigenvalue weighted by atomic mass is 10.1. The molecule has 146 valence electrons. The van der Waals surface area contributed by atoms with E-state index in [0.717, 1.165) is 16.0 Å². The maximum atomic E-state index is 12.9. The van der Waals surface area contributed by atoms with E-state index in [1.54, 1.807) is 0 Å². The number of hydrogen-bond donors (Lipinski definition) is 2. The normalized spacial score (nSPS) is 10.8. The number of carbonyl (C=O) groups is 2. The van der Waals surface area contributed by atoms with Gasteiger partial charge in [0, 0.05) is 15.8 Å². The minimum atomic E-state index is -0.512. The van der Waals surface area contributed by atoms with Crippen molar-refractivity contribution in [3.8, 4) is 10.4 Å². The predicted octanol–water partition coefficient (Wildman–Crippen LogP) is 2.58. The van der Waals surface area contributed by atoms with Crippen molar-refractivity contribution in [3.05, 3.63) is 75.5 Å². The summed E-state index contributed by atoms with van der Waals surface area (Å²) in [5.41, 5.74) is 6.08. The Labute approximate surface area is 173 Å². The van der Waals surface area contributed by atoms with Crippen LogP contribution in [0.2, 0.25) is 0 Å². The zero-order valence-corrected chi connectivity index (χ0v) is 16.8. The maximum Gasteiger partial charge on any atom is 0.263 e. The molecule has 0 spiro atoms. The first-order valence-corrected chi connectivity index (χ1v) is 10.5. The summed E-state index contributed by atoms with van der Waals surface area (Å²) in [5, 5.41) is 4.35. The molecule has 7 nitrogen and oxygen atoms in total. The highest BCUT2D eigenvalue weighted by atomic mass is 32.1. The molecule has 0 saturated carbocycles. The van der Waals surface area contributed by atoms with Crippen LogP contribution < -0.4 is 16.4 Å². The molecule has 0 bridgehead atoms. The molecule has 4 aromatic rings. The first-order valence-electron chi connectivity index (χ1n) is 8.74. The SMILES string of the molecule is O=C(Cc1ccccc1)NNC(=O)Cn1cnc2scc(-c3cccs3)c2c1=O. The summed E-state index contributed by atoms with van der Waals surface area (Å²) in [6, 6.07) is 13.1. The number of rotatable bonds is 5. The summed E-state index contributed by atoms with van der Waals surface area (Å²) in [7, 11) is 0. The molecule has 0 fully saturated rings. The number of hydrogen-bond acceptors (Lipinski definition) is 6. The van der Waals surface area contributed by atoms with Gasteiger partial charge in [0.15, 0.2) is 0 Å². The molecule has 29 heavy (non-hydrogen) atoms. The molecular weight excluding hydrogens is 408 g/mol. The van der Waals surface area contributed by atoms with Crippen LogP contribution in [0.1, 0.15) is 5.56 Å². The summed E-state index contributed by atoms with van der Waals surface area (Å²) in [6.07, 6.45) is 1.50. The van der Waals surface area contributed by atoms with Gasteiger partial charge in [-0.2, -0.15) is 0 Å². The van der Waals surface area contributed by atoms with Crippen molar-refractivity contribution >= 4 is 44.7 Å². The quantitative estimate of drug-likeness (QED) is 0.482. The highest BCUT2D eigenvalue weighted by molar-refractivity contribution is 7.18. The first-order chi connectivity index (χ1) is 14.1. The lowest BCUT2D eigenvalue weighted by molar-refractivity contribution is -0.128. The minimum Gasteiger partial charge on any atom is -0.289 e. The van der Waals surface area contributed by atoms with Gasteiger partial charge >= 0.3 is 0 Å². The fraction of sp³-hybridized carbons (Fsp3) is 0.100. The van der Waals surface area contributed by atoms with Gasteiger partial charge in [-0.25, -0.2) is 4.98 Å². The van der Waals surface area contributed by atoms with Crippen LogP contribution in [0, 0.1) is 0 Å². The fourth-order valence-electron chi connectivity index (χ4n) is 2.85. The van der Waals surface area contributed by atoms with Gasteiger partial charge in [-0.15, -0.1) is 22.7 Å². The fourth-order valence-corrected chi connectivity index (χ4v) is 4.57. The third-order valence-corrected chi connectivity index (χ3v) is 6.00. The first kappa shape index (κ1) is 19.0. The number of carbonyl (C=O) groups excluding carboxylic acids is 2. The number of nitrogens with one attached hydrogen (secondary N) is 2. The molecule has 3 heterocycles. The van der Waals surface area contributed by atoms with E-state index in [1.807, 2.05) is 53.2 Å². The Bertz CT molecular complexity index is 1210. The van der Waals surface area contributed by atoms with E-state index >= 15 is 0 Å². The van der Waals surface area contributed by atoms with E-state index in [2.05, 4.69) is 15.8 Å². The van der Waals surface area contributed by atoms with Crippen LogP contribution in [-0.2, 0) is 22.6 Å². The Balaban J connectivity index is 1.44. The second-order valence-electron chi connectivity index (χ2n) is 6.24. The predicted molar refractivity (Wildman–Crippen MR) is 114 cm³/mol. The third kappa shape index (κ3) is 4.25. The molecule has 0 aliphatic rings. The van der Waals surface area contributed by atoms with Crippen molar-refractivity contribution in [2.24, 2.45) is 0 Å². The number of hydrazine groups is 1. The number of benzene rings is 1. The largest absolute Gasteiger partial charge is 0.289 e. The molecule has 3 aromatic heterocycles. The minimum absolute atomic E-state index is 0.146. The Kier molecular flexibility index (Phi) is 5.50. The second-order valence-corrected chi connectivity index (χ2v) is 8.05. The number of nitrogens with zero attached hydrogens (tertiary/aromatic N) is 2. The van der Waals surface area contributed by atoms with Crippen molar-refractivity contribution in [3.63, 3.8) is 0 Å². The Morgan fingerprint density at radius 2 is 1.79 bits per heavy atom. The molecule has 0 radical (unpaired) electrons. The summed E-state index contributed by atoms with van der Waals surface area (Å²) in [5.74, 6) is -0.856. The van der Waals surface area contributed by atoms with Gasteiger partial charge in [-0.3, -0.25) is 29.8 Å². The Hall–Kier alpha value is -3.30. The van der Waals surface area contributed by atoms with E-state index < -0.39 is 5.91 Å². The third-order valence-electron chi connectivity index (χ3n) is 4.21. The van der Waals surface area contributed by atoms with E-state index in [0.29, 0.717) is 10.2 Å². The number of fused-ring (bicyclic) bond motifs is 1. The van der Waals surface area contributed by atoms with E-state index in [-0.39, 0.29) is 24.4 Å². The molecule has 2 amide bonds. The topological polar surface area (TPSA) is 93.1 Å². The number of thiophene rings is 2. The Morgan fingerprint density at radius 1 is 1.00 bits per heavy atom. The van der Waals surface area contributed by atoms with Crippen LogP contribution in [0.5, 0.6) is 0 Å². The van der Waals surface area contributed by atoms with Gasteiger partial charge in [0.05, 0.1) is 18.1 Å². The summed E-state index contributed by atoms with van der Waals surface area (Å²) in [4.78, 5) is 42.9. The molecule has 0 aliphatic carbocycles. The molecule has 4 rings (SSSR count). The van der Waals surface area contributed by atoms with E-state index in [4.69, 9.17) is 0 Å². The molecule has 0 saturated heterocycles. The molecule has 0 aliphatic heterocycles. The molecule has 0 atom stereocenters. The van der Waals surface area contributed by atoms with Gasteiger partial charge in [-0.1, -0.05) is 36.4 Å². The lowest BCUT2D eigenvalue weighted by Gasteiger charge is -2.09. The highest BCUT2D eigenvalue weighted by Gasteiger charge is 2.15. The summed E-state index contributed by atoms with van der Waals surface area (Å²) in [6.45, 7) is -0.243. The van der Waals surface area contributed by atoms with Gasteiger partial charge in [0.2, 0.25) is 5.91 Å². The van der Waals surface area contributed by atoms with Crippen molar-refractivity contribution in [2.45, 2.75) is 13.0 Å². The van der Waals surface area contributed by atoms with Crippen molar-refractivity contribution in [1.82, 2.24) is 20.4 Å². The average molecular weight is 425 g/mol. The zero-order valence-electron chi connectivity index (χ0n) is 15.1. The van der Waals surface area contributed by atoms with Crippen LogP contribution in [0.3, 0.4) is 0 Å². The lowest BCUT2D eigenvalue weighted by Crippen LogP contribution is -2.44. The molecule has 2 N–H and O–H groups in total. The van der Waals surface area contributed by atoms with Crippen molar-refractivity contribution < 1.29 is 9.59 Å². The highest BCUT2D eigenvalue weighted by Crippen LogP contribution is 2.33. The van der Waals surface area contributed by atoms with Crippen LogP contribution in [0.25, 0.3) is 20.7 Å².